The molecule has 1 heterocycles. The molecule has 1 aliphatic rings. The number of anilines is 1. The van der Waals surface area contributed by atoms with Gasteiger partial charge in [0.25, 0.3) is 0 Å². The van der Waals surface area contributed by atoms with Gasteiger partial charge in [0.05, 0.1) is 6.54 Å². The third kappa shape index (κ3) is 3.53. The third-order valence-corrected chi connectivity index (χ3v) is 3.96. The first-order valence-corrected chi connectivity index (χ1v) is 7.55. The fourth-order valence-corrected chi connectivity index (χ4v) is 2.66. The summed E-state index contributed by atoms with van der Waals surface area (Å²) in [5, 5.41) is 3.33. The van der Waals surface area contributed by atoms with Gasteiger partial charge in [0.1, 0.15) is 5.82 Å². The average molecular weight is 293 g/mol. The first kappa shape index (κ1) is 15.8. The molecule has 116 valence electrons. The molecule has 4 nitrogen and oxygen atoms in total. The van der Waals surface area contributed by atoms with Crippen LogP contribution in [0.5, 0.6) is 0 Å². The molecule has 1 aliphatic heterocycles. The molecule has 1 saturated heterocycles. The van der Waals surface area contributed by atoms with Gasteiger partial charge < -0.3 is 15.1 Å². The highest BCUT2D eigenvalue weighted by Gasteiger charge is 2.25. The van der Waals surface area contributed by atoms with Gasteiger partial charge >= 0.3 is 0 Å². The molecule has 1 N–H and O–H groups in total. The number of rotatable bonds is 5. The Hall–Kier alpha value is -1.62. The second-order valence-electron chi connectivity index (χ2n) is 5.59. The zero-order valence-electron chi connectivity index (χ0n) is 13.0. The van der Waals surface area contributed by atoms with E-state index in [9.17, 15) is 9.18 Å². The number of nitrogens with one attached hydrogen (secondary N) is 1. The van der Waals surface area contributed by atoms with Crippen LogP contribution in [0.1, 0.15) is 31.9 Å². The molecule has 0 spiro atoms. The summed E-state index contributed by atoms with van der Waals surface area (Å²) in [5.74, 6) is -0.138. The standard InChI is InChI=1S/C16H24FN3O/c1-4-8-18-12(2)16-13(17)6-5-7-14(16)20-10-9-19(3)15(21)11-20/h5-7,12,18H,4,8-11H2,1-3H3. The fourth-order valence-electron chi connectivity index (χ4n) is 2.66. The largest absolute Gasteiger partial charge is 0.360 e. The highest BCUT2D eigenvalue weighted by molar-refractivity contribution is 5.83. The van der Waals surface area contributed by atoms with Gasteiger partial charge in [-0.3, -0.25) is 4.79 Å². The molecule has 1 aromatic rings. The Morgan fingerprint density at radius 1 is 1.38 bits per heavy atom. The zero-order chi connectivity index (χ0) is 15.4. The van der Waals surface area contributed by atoms with Crippen LogP contribution in [-0.4, -0.2) is 44.0 Å². The van der Waals surface area contributed by atoms with Crippen LogP contribution in [0.4, 0.5) is 10.1 Å². The Labute approximate surface area is 125 Å². The lowest BCUT2D eigenvalue weighted by Gasteiger charge is -2.35. The van der Waals surface area contributed by atoms with Gasteiger partial charge in [-0.25, -0.2) is 4.39 Å². The van der Waals surface area contributed by atoms with E-state index in [2.05, 4.69) is 12.2 Å². The SMILES string of the molecule is CCCNC(C)c1c(F)cccc1N1CCN(C)C(=O)C1. The van der Waals surface area contributed by atoms with Crippen LogP contribution >= 0.6 is 0 Å². The molecule has 1 fully saturated rings. The molecule has 1 amide bonds. The smallest absolute Gasteiger partial charge is 0.241 e. The zero-order valence-corrected chi connectivity index (χ0v) is 13.0. The summed E-state index contributed by atoms with van der Waals surface area (Å²) in [6.45, 7) is 6.62. The minimum absolute atomic E-state index is 0.0732. The average Bonchev–Trinajstić information content (AvgIpc) is 2.47. The van der Waals surface area contributed by atoms with Crippen LogP contribution in [0.15, 0.2) is 18.2 Å². The molecule has 0 bridgehead atoms. The van der Waals surface area contributed by atoms with E-state index >= 15 is 0 Å². The number of piperazine rings is 1. The Kier molecular flexibility index (Phi) is 5.17. The van der Waals surface area contributed by atoms with Crippen LogP contribution in [0, 0.1) is 5.82 Å². The monoisotopic (exact) mass is 293 g/mol. The van der Waals surface area contributed by atoms with Crippen LogP contribution in [0.3, 0.4) is 0 Å². The lowest BCUT2D eigenvalue weighted by Crippen LogP contribution is -2.49. The molecule has 0 saturated carbocycles. The van der Waals surface area contributed by atoms with Crippen LogP contribution in [-0.2, 0) is 4.79 Å². The molecule has 2 rings (SSSR count). The van der Waals surface area contributed by atoms with Crippen molar-refractivity contribution in [3.8, 4) is 0 Å². The molecule has 1 aromatic carbocycles. The van der Waals surface area contributed by atoms with Gasteiger partial charge in [-0.2, -0.15) is 0 Å². The Morgan fingerprint density at radius 3 is 2.81 bits per heavy atom. The highest BCUT2D eigenvalue weighted by Crippen LogP contribution is 2.29. The van der Waals surface area contributed by atoms with Crippen molar-refractivity contribution in [1.82, 2.24) is 10.2 Å². The Balaban J connectivity index is 2.27. The van der Waals surface area contributed by atoms with Crippen molar-refractivity contribution in [2.24, 2.45) is 0 Å². The predicted octanol–water partition coefficient (Wildman–Crippen LogP) is 2.16. The van der Waals surface area contributed by atoms with Crippen molar-refractivity contribution in [3.05, 3.63) is 29.6 Å². The first-order valence-electron chi connectivity index (χ1n) is 7.55. The van der Waals surface area contributed by atoms with Crippen molar-refractivity contribution in [2.45, 2.75) is 26.3 Å². The van der Waals surface area contributed by atoms with Gasteiger partial charge in [-0.1, -0.05) is 13.0 Å². The number of benzene rings is 1. The van der Waals surface area contributed by atoms with Crippen molar-refractivity contribution in [2.75, 3.05) is 38.1 Å². The van der Waals surface area contributed by atoms with Gasteiger partial charge in [0.15, 0.2) is 0 Å². The molecule has 1 unspecified atom stereocenters. The number of hydrogen-bond donors (Lipinski definition) is 1. The summed E-state index contributed by atoms with van der Waals surface area (Å²) in [4.78, 5) is 15.6. The van der Waals surface area contributed by atoms with Gasteiger partial charge in [-0.15, -0.1) is 0 Å². The summed E-state index contributed by atoms with van der Waals surface area (Å²) in [6.07, 6.45) is 1.00. The first-order chi connectivity index (χ1) is 10.0. The quantitative estimate of drug-likeness (QED) is 0.903. The molecular formula is C16H24FN3O. The van der Waals surface area contributed by atoms with Crippen molar-refractivity contribution in [3.63, 3.8) is 0 Å². The van der Waals surface area contributed by atoms with E-state index in [1.165, 1.54) is 6.07 Å². The topological polar surface area (TPSA) is 35.6 Å². The number of carbonyl (C=O) groups is 1. The van der Waals surface area contributed by atoms with Gasteiger partial charge in [0.2, 0.25) is 5.91 Å². The summed E-state index contributed by atoms with van der Waals surface area (Å²) < 4.78 is 14.3. The predicted molar refractivity (Wildman–Crippen MR) is 83.0 cm³/mol. The molecular weight excluding hydrogens is 269 g/mol. The van der Waals surface area contributed by atoms with Crippen molar-refractivity contribution >= 4 is 11.6 Å². The highest BCUT2D eigenvalue weighted by atomic mass is 19.1. The van der Waals surface area contributed by atoms with E-state index in [1.54, 1.807) is 18.0 Å². The second-order valence-corrected chi connectivity index (χ2v) is 5.59. The van der Waals surface area contributed by atoms with E-state index in [4.69, 9.17) is 0 Å². The van der Waals surface area contributed by atoms with E-state index < -0.39 is 0 Å². The molecule has 5 heteroatoms. The Bertz CT molecular complexity index is 506. The van der Waals surface area contributed by atoms with Crippen molar-refractivity contribution in [1.29, 1.82) is 0 Å². The number of hydrogen-bond acceptors (Lipinski definition) is 3. The van der Waals surface area contributed by atoms with E-state index in [1.807, 2.05) is 17.9 Å². The molecule has 0 radical (unpaired) electrons. The molecule has 21 heavy (non-hydrogen) atoms. The third-order valence-electron chi connectivity index (χ3n) is 3.96. The fraction of sp³-hybridized carbons (Fsp3) is 0.562. The maximum absolute atomic E-state index is 14.3. The molecule has 0 aromatic heterocycles. The number of likely N-dealkylation sites (N-methyl/N-ethyl adjacent to an activating group) is 1. The number of halogens is 1. The Morgan fingerprint density at radius 2 is 2.14 bits per heavy atom. The van der Waals surface area contributed by atoms with Crippen LogP contribution < -0.4 is 10.2 Å². The summed E-state index contributed by atoms with van der Waals surface area (Å²) in [5.41, 5.74) is 1.48. The maximum Gasteiger partial charge on any atom is 0.241 e. The molecule has 0 aliphatic carbocycles. The minimum Gasteiger partial charge on any atom is -0.360 e. The van der Waals surface area contributed by atoms with E-state index in [0.717, 1.165) is 25.2 Å². The molecule has 1 atom stereocenters. The number of nitrogens with zero attached hydrogens (tertiary/aromatic N) is 2. The van der Waals surface area contributed by atoms with Gasteiger partial charge in [0, 0.05) is 37.4 Å². The minimum atomic E-state index is -0.213. The maximum atomic E-state index is 14.3. The lowest BCUT2D eigenvalue weighted by atomic mass is 10.0. The normalized spacial score (nSPS) is 17.2. The van der Waals surface area contributed by atoms with Gasteiger partial charge in [-0.05, 0) is 32.0 Å². The number of carbonyl (C=O) groups excluding carboxylic acids is 1. The van der Waals surface area contributed by atoms with Crippen LogP contribution in [0.2, 0.25) is 0 Å². The van der Waals surface area contributed by atoms with E-state index in [-0.39, 0.29) is 17.8 Å². The van der Waals surface area contributed by atoms with Crippen LogP contribution in [0.25, 0.3) is 0 Å². The van der Waals surface area contributed by atoms with Crippen molar-refractivity contribution < 1.29 is 9.18 Å². The lowest BCUT2D eigenvalue weighted by molar-refractivity contribution is -0.129. The van der Waals surface area contributed by atoms with E-state index in [0.29, 0.717) is 18.7 Å². The summed E-state index contributed by atoms with van der Waals surface area (Å²) in [6, 6.07) is 5.03. The number of amides is 1. The second kappa shape index (κ2) is 6.89. The summed E-state index contributed by atoms with van der Waals surface area (Å²) >= 11 is 0. The summed E-state index contributed by atoms with van der Waals surface area (Å²) in [7, 11) is 1.80.